The SMILES string of the molecule is CCCCCCCn1c(C)nc2sc3c(c2c1=O)C(C(=O)OCC)CCC3. The smallest absolute Gasteiger partial charge is 0.313 e. The molecule has 0 aliphatic heterocycles. The van der Waals surface area contributed by atoms with Crippen LogP contribution in [0.1, 0.15) is 81.0 Å². The van der Waals surface area contributed by atoms with Gasteiger partial charge in [0.2, 0.25) is 0 Å². The molecule has 0 saturated carbocycles. The number of hydrogen-bond acceptors (Lipinski definition) is 5. The second-order valence-corrected chi connectivity index (χ2v) is 8.43. The Morgan fingerprint density at radius 1 is 1.26 bits per heavy atom. The Kier molecular flexibility index (Phi) is 6.68. The minimum atomic E-state index is -0.322. The lowest BCUT2D eigenvalue weighted by Crippen LogP contribution is -2.26. The fourth-order valence-corrected chi connectivity index (χ4v) is 5.34. The molecule has 2 aromatic rings. The molecule has 148 valence electrons. The van der Waals surface area contributed by atoms with Gasteiger partial charge in [0.1, 0.15) is 10.7 Å². The second-order valence-electron chi connectivity index (χ2n) is 7.35. The van der Waals surface area contributed by atoms with Crippen molar-refractivity contribution >= 4 is 27.5 Å². The zero-order valence-corrected chi connectivity index (χ0v) is 17.5. The lowest BCUT2D eigenvalue weighted by molar-refractivity contribution is -0.145. The summed E-state index contributed by atoms with van der Waals surface area (Å²) in [5, 5.41) is 0.659. The number of hydrogen-bond donors (Lipinski definition) is 0. The first-order valence-corrected chi connectivity index (χ1v) is 11.1. The average molecular weight is 391 g/mol. The van der Waals surface area contributed by atoms with E-state index < -0.39 is 0 Å². The Morgan fingerprint density at radius 3 is 2.78 bits per heavy atom. The van der Waals surface area contributed by atoms with Crippen molar-refractivity contribution in [2.45, 2.75) is 84.6 Å². The third-order valence-electron chi connectivity index (χ3n) is 5.42. The third kappa shape index (κ3) is 4.10. The lowest BCUT2D eigenvalue weighted by atomic mass is 9.86. The normalized spacial score (nSPS) is 16.5. The molecule has 1 unspecified atom stereocenters. The summed E-state index contributed by atoms with van der Waals surface area (Å²) in [5.41, 5.74) is 0.915. The number of aryl methyl sites for hydroxylation is 2. The van der Waals surface area contributed by atoms with Gasteiger partial charge in [-0.05, 0) is 45.1 Å². The molecule has 0 spiro atoms. The largest absolute Gasteiger partial charge is 0.466 e. The molecule has 0 N–H and O–H groups in total. The number of carbonyl (C=O) groups excluding carboxylic acids is 1. The summed E-state index contributed by atoms with van der Waals surface area (Å²) in [4.78, 5) is 32.4. The number of unbranched alkanes of at least 4 members (excludes halogenated alkanes) is 4. The monoisotopic (exact) mass is 390 g/mol. The average Bonchev–Trinajstić information content (AvgIpc) is 3.02. The summed E-state index contributed by atoms with van der Waals surface area (Å²) in [7, 11) is 0. The van der Waals surface area contributed by atoms with Crippen LogP contribution in [-0.4, -0.2) is 22.1 Å². The summed E-state index contributed by atoms with van der Waals surface area (Å²) in [6.07, 6.45) is 8.40. The Morgan fingerprint density at radius 2 is 2.04 bits per heavy atom. The number of nitrogens with zero attached hydrogens (tertiary/aromatic N) is 2. The number of ether oxygens (including phenoxy) is 1. The minimum absolute atomic E-state index is 0.0155. The molecule has 0 saturated heterocycles. The Balaban J connectivity index is 1.97. The zero-order valence-electron chi connectivity index (χ0n) is 16.7. The highest BCUT2D eigenvalue weighted by Gasteiger charge is 2.33. The predicted octanol–water partition coefficient (Wildman–Crippen LogP) is 4.72. The highest BCUT2D eigenvalue weighted by atomic mass is 32.1. The van der Waals surface area contributed by atoms with Crippen LogP contribution in [-0.2, 0) is 22.5 Å². The fourth-order valence-electron chi connectivity index (χ4n) is 4.03. The van der Waals surface area contributed by atoms with Gasteiger partial charge in [0.05, 0.1) is 17.9 Å². The van der Waals surface area contributed by atoms with E-state index in [1.54, 1.807) is 15.9 Å². The summed E-state index contributed by atoms with van der Waals surface area (Å²) < 4.78 is 7.09. The highest BCUT2D eigenvalue weighted by molar-refractivity contribution is 7.18. The summed E-state index contributed by atoms with van der Waals surface area (Å²) in [5.74, 6) is 0.246. The number of fused-ring (bicyclic) bond motifs is 3. The van der Waals surface area contributed by atoms with Crippen molar-refractivity contribution in [2.75, 3.05) is 6.61 Å². The van der Waals surface area contributed by atoms with Gasteiger partial charge in [-0.25, -0.2) is 4.98 Å². The van der Waals surface area contributed by atoms with E-state index in [1.807, 2.05) is 13.8 Å². The van der Waals surface area contributed by atoms with Crippen LogP contribution in [0.3, 0.4) is 0 Å². The van der Waals surface area contributed by atoms with E-state index in [2.05, 4.69) is 6.92 Å². The zero-order chi connectivity index (χ0) is 19.4. The third-order valence-corrected chi connectivity index (χ3v) is 6.58. The Labute approximate surface area is 164 Å². The van der Waals surface area contributed by atoms with Crippen LogP contribution in [0.25, 0.3) is 10.2 Å². The van der Waals surface area contributed by atoms with Gasteiger partial charge in [0, 0.05) is 11.4 Å². The Hall–Kier alpha value is -1.69. The molecule has 0 aromatic carbocycles. The van der Waals surface area contributed by atoms with E-state index in [0.717, 1.165) is 53.2 Å². The first-order chi connectivity index (χ1) is 13.1. The number of thiophene rings is 1. The molecule has 0 fully saturated rings. The number of carbonyl (C=O) groups is 1. The highest BCUT2D eigenvalue weighted by Crippen LogP contribution is 2.41. The van der Waals surface area contributed by atoms with Crippen molar-refractivity contribution in [1.82, 2.24) is 9.55 Å². The molecule has 0 amide bonds. The van der Waals surface area contributed by atoms with Crippen LogP contribution < -0.4 is 5.56 Å². The number of esters is 1. The van der Waals surface area contributed by atoms with Gasteiger partial charge < -0.3 is 4.74 Å². The van der Waals surface area contributed by atoms with Gasteiger partial charge in [-0.1, -0.05) is 32.6 Å². The van der Waals surface area contributed by atoms with Gasteiger partial charge in [0.15, 0.2) is 0 Å². The molecule has 5 nitrogen and oxygen atoms in total. The molecule has 2 aromatic heterocycles. The molecule has 1 atom stereocenters. The second kappa shape index (κ2) is 9.00. The topological polar surface area (TPSA) is 61.2 Å². The molecule has 2 heterocycles. The van der Waals surface area contributed by atoms with Crippen molar-refractivity contribution in [3.63, 3.8) is 0 Å². The molecular formula is C21H30N2O3S. The summed E-state index contributed by atoms with van der Waals surface area (Å²) >= 11 is 1.58. The molecule has 0 bridgehead atoms. The maximum Gasteiger partial charge on any atom is 0.313 e. The minimum Gasteiger partial charge on any atom is -0.466 e. The van der Waals surface area contributed by atoms with E-state index in [-0.39, 0.29) is 17.4 Å². The van der Waals surface area contributed by atoms with Crippen LogP contribution >= 0.6 is 11.3 Å². The predicted molar refractivity (Wildman–Crippen MR) is 110 cm³/mol. The van der Waals surface area contributed by atoms with E-state index in [4.69, 9.17) is 9.72 Å². The van der Waals surface area contributed by atoms with Crippen LogP contribution in [0.5, 0.6) is 0 Å². The molecule has 27 heavy (non-hydrogen) atoms. The van der Waals surface area contributed by atoms with Gasteiger partial charge in [-0.3, -0.25) is 14.2 Å². The number of rotatable bonds is 8. The van der Waals surface area contributed by atoms with Crippen molar-refractivity contribution in [2.24, 2.45) is 0 Å². The maximum absolute atomic E-state index is 13.3. The quantitative estimate of drug-likeness (QED) is 0.483. The van der Waals surface area contributed by atoms with Gasteiger partial charge >= 0.3 is 5.97 Å². The molecule has 0 radical (unpaired) electrons. The van der Waals surface area contributed by atoms with Crippen LogP contribution in [0, 0.1) is 6.92 Å². The van der Waals surface area contributed by atoms with E-state index in [0.29, 0.717) is 18.5 Å². The first-order valence-electron chi connectivity index (χ1n) is 10.3. The standard InChI is InChI=1S/C21H30N2O3S/c1-4-6-7-8-9-13-23-14(3)22-19-18(20(23)24)17-15(21(25)26-5-2)11-10-12-16(17)27-19/h15H,4-13H2,1-3H3. The van der Waals surface area contributed by atoms with Crippen molar-refractivity contribution in [3.8, 4) is 0 Å². The van der Waals surface area contributed by atoms with Crippen LogP contribution in [0.2, 0.25) is 0 Å². The van der Waals surface area contributed by atoms with Gasteiger partial charge in [-0.2, -0.15) is 0 Å². The number of aromatic nitrogens is 2. The molecule has 1 aliphatic rings. The molecule has 3 rings (SSSR count). The van der Waals surface area contributed by atoms with Gasteiger partial charge in [-0.15, -0.1) is 11.3 Å². The maximum atomic E-state index is 13.3. The van der Waals surface area contributed by atoms with E-state index >= 15 is 0 Å². The van der Waals surface area contributed by atoms with Crippen molar-refractivity contribution in [3.05, 3.63) is 26.6 Å². The summed E-state index contributed by atoms with van der Waals surface area (Å²) in [6.45, 7) is 7.00. The molecular weight excluding hydrogens is 360 g/mol. The molecule has 6 heteroatoms. The van der Waals surface area contributed by atoms with E-state index in [1.165, 1.54) is 19.3 Å². The van der Waals surface area contributed by atoms with Gasteiger partial charge in [0.25, 0.3) is 5.56 Å². The van der Waals surface area contributed by atoms with Crippen LogP contribution in [0.15, 0.2) is 4.79 Å². The van der Waals surface area contributed by atoms with E-state index in [9.17, 15) is 9.59 Å². The summed E-state index contributed by atoms with van der Waals surface area (Å²) in [6, 6.07) is 0. The fraction of sp³-hybridized carbons (Fsp3) is 0.667. The van der Waals surface area contributed by atoms with Crippen LogP contribution in [0.4, 0.5) is 0 Å². The lowest BCUT2D eigenvalue weighted by Gasteiger charge is -2.21. The molecule has 1 aliphatic carbocycles. The first kappa shape index (κ1) is 20.1. The van der Waals surface area contributed by atoms with Crippen molar-refractivity contribution < 1.29 is 9.53 Å². The Bertz CT molecular complexity index is 868. The van der Waals surface area contributed by atoms with Crippen molar-refractivity contribution in [1.29, 1.82) is 0 Å².